The first-order valence-electron chi connectivity index (χ1n) is 4.81. The van der Waals surface area contributed by atoms with E-state index in [0.717, 1.165) is 5.57 Å². The van der Waals surface area contributed by atoms with Crippen LogP contribution in [-0.4, -0.2) is 19.3 Å². The highest BCUT2D eigenvalue weighted by Gasteiger charge is 2.13. The van der Waals surface area contributed by atoms with Crippen molar-refractivity contribution in [3.63, 3.8) is 0 Å². The lowest BCUT2D eigenvalue weighted by Crippen LogP contribution is -2.19. The average molecular weight is 169 g/mol. The van der Waals surface area contributed by atoms with E-state index in [4.69, 9.17) is 10.5 Å². The number of nitrogens with two attached hydrogens (primary N) is 1. The van der Waals surface area contributed by atoms with Crippen molar-refractivity contribution in [3.05, 3.63) is 12.2 Å². The van der Waals surface area contributed by atoms with E-state index < -0.39 is 0 Å². The van der Waals surface area contributed by atoms with E-state index in [1.54, 1.807) is 0 Å². The van der Waals surface area contributed by atoms with Gasteiger partial charge in [0, 0.05) is 6.54 Å². The van der Waals surface area contributed by atoms with Gasteiger partial charge in [0.2, 0.25) is 0 Å². The summed E-state index contributed by atoms with van der Waals surface area (Å²) in [5.74, 6) is 0. The SMILES string of the molecule is C=C(CN)COC1CCCCC1. The summed E-state index contributed by atoms with van der Waals surface area (Å²) in [5, 5.41) is 0. The Morgan fingerprint density at radius 3 is 2.58 bits per heavy atom. The molecular weight excluding hydrogens is 150 g/mol. The lowest BCUT2D eigenvalue weighted by Gasteiger charge is -2.22. The first-order chi connectivity index (χ1) is 5.83. The maximum Gasteiger partial charge on any atom is 0.0690 e. The van der Waals surface area contributed by atoms with Crippen molar-refractivity contribution < 1.29 is 4.74 Å². The van der Waals surface area contributed by atoms with Crippen LogP contribution in [-0.2, 0) is 4.74 Å². The van der Waals surface area contributed by atoms with Crippen molar-refractivity contribution in [1.82, 2.24) is 0 Å². The summed E-state index contributed by atoms with van der Waals surface area (Å²) in [6, 6.07) is 0. The molecule has 2 heteroatoms. The molecule has 2 nitrogen and oxygen atoms in total. The van der Waals surface area contributed by atoms with Crippen LogP contribution in [0.4, 0.5) is 0 Å². The lowest BCUT2D eigenvalue weighted by atomic mass is 9.98. The minimum absolute atomic E-state index is 0.474. The number of rotatable bonds is 4. The van der Waals surface area contributed by atoms with Crippen LogP contribution in [0.1, 0.15) is 32.1 Å². The molecule has 0 saturated heterocycles. The Kier molecular flexibility index (Phi) is 4.33. The zero-order valence-electron chi connectivity index (χ0n) is 7.72. The number of ether oxygens (including phenoxy) is 1. The minimum atomic E-state index is 0.474. The van der Waals surface area contributed by atoms with Gasteiger partial charge in [0.25, 0.3) is 0 Å². The predicted octanol–water partition coefficient (Wildman–Crippen LogP) is 1.85. The Bertz CT molecular complexity index is 139. The molecule has 0 amide bonds. The smallest absolute Gasteiger partial charge is 0.0690 e. The van der Waals surface area contributed by atoms with E-state index in [9.17, 15) is 0 Å². The largest absolute Gasteiger partial charge is 0.374 e. The third-order valence-corrected chi connectivity index (χ3v) is 2.36. The van der Waals surface area contributed by atoms with Crippen LogP contribution < -0.4 is 5.73 Å². The quantitative estimate of drug-likeness (QED) is 0.652. The summed E-state index contributed by atoms with van der Waals surface area (Å²) in [4.78, 5) is 0. The standard InChI is InChI=1S/C10H19NO/c1-9(7-11)8-12-10-5-3-2-4-6-10/h10H,1-8,11H2. The molecular formula is C10H19NO. The van der Waals surface area contributed by atoms with Crippen LogP contribution in [0, 0.1) is 0 Å². The molecule has 70 valence electrons. The zero-order valence-corrected chi connectivity index (χ0v) is 7.72. The molecule has 0 unspecified atom stereocenters. The van der Waals surface area contributed by atoms with E-state index in [-0.39, 0.29) is 0 Å². The van der Waals surface area contributed by atoms with Crippen molar-refractivity contribution in [2.75, 3.05) is 13.2 Å². The monoisotopic (exact) mass is 169 g/mol. The van der Waals surface area contributed by atoms with Gasteiger partial charge in [-0.1, -0.05) is 25.8 Å². The summed E-state index contributed by atoms with van der Waals surface area (Å²) >= 11 is 0. The van der Waals surface area contributed by atoms with Crippen LogP contribution in [0.15, 0.2) is 12.2 Å². The number of hydrogen-bond acceptors (Lipinski definition) is 2. The first-order valence-corrected chi connectivity index (χ1v) is 4.81. The van der Waals surface area contributed by atoms with Gasteiger partial charge in [0.15, 0.2) is 0 Å². The van der Waals surface area contributed by atoms with Crippen LogP contribution in [0.25, 0.3) is 0 Å². The molecule has 0 spiro atoms. The van der Waals surface area contributed by atoms with Gasteiger partial charge in [-0.15, -0.1) is 0 Å². The molecule has 0 aliphatic heterocycles. The van der Waals surface area contributed by atoms with Gasteiger partial charge >= 0.3 is 0 Å². The average Bonchev–Trinajstić information content (AvgIpc) is 2.16. The molecule has 0 aromatic rings. The van der Waals surface area contributed by atoms with E-state index in [1.165, 1.54) is 32.1 Å². The van der Waals surface area contributed by atoms with Crippen molar-refractivity contribution in [2.24, 2.45) is 5.73 Å². The molecule has 0 heterocycles. The molecule has 12 heavy (non-hydrogen) atoms. The van der Waals surface area contributed by atoms with Crippen molar-refractivity contribution in [2.45, 2.75) is 38.2 Å². The maximum atomic E-state index is 5.66. The molecule has 1 fully saturated rings. The molecule has 1 aliphatic rings. The third kappa shape index (κ3) is 3.37. The van der Waals surface area contributed by atoms with Crippen LogP contribution in [0.3, 0.4) is 0 Å². The van der Waals surface area contributed by atoms with Crippen molar-refractivity contribution in [1.29, 1.82) is 0 Å². The van der Waals surface area contributed by atoms with E-state index in [2.05, 4.69) is 6.58 Å². The van der Waals surface area contributed by atoms with Crippen molar-refractivity contribution >= 4 is 0 Å². The second-order valence-electron chi connectivity index (χ2n) is 3.53. The van der Waals surface area contributed by atoms with Gasteiger partial charge in [0.05, 0.1) is 12.7 Å². The van der Waals surface area contributed by atoms with E-state index in [1.807, 2.05) is 0 Å². The molecule has 2 N–H and O–H groups in total. The Labute approximate surface area is 74.8 Å². The fourth-order valence-electron chi connectivity index (χ4n) is 1.53. The Morgan fingerprint density at radius 2 is 2.00 bits per heavy atom. The van der Waals surface area contributed by atoms with Gasteiger partial charge < -0.3 is 10.5 Å². The van der Waals surface area contributed by atoms with Gasteiger partial charge in [-0.3, -0.25) is 0 Å². The maximum absolute atomic E-state index is 5.66. The highest BCUT2D eigenvalue weighted by atomic mass is 16.5. The number of hydrogen-bond donors (Lipinski definition) is 1. The summed E-state index contributed by atoms with van der Waals surface area (Å²) in [6.07, 6.45) is 6.93. The Balaban J connectivity index is 2.09. The van der Waals surface area contributed by atoms with Gasteiger partial charge in [-0.2, -0.15) is 0 Å². The molecule has 0 aromatic carbocycles. The topological polar surface area (TPSA) is 35.2 Å². The predicted molar refractivity (Wildman–Crippen MR) is 51.0 cm³/mol. The third-order valence-electron chi connectivity index (χ3n) is 2.36. The van der Waals surface area contributed by atoms with Crippen LogP contribution in [0.5, 0.6) is 0 Å². The molecule has 1 aliphatic carbocycles. The normalized spacial score (nSPS) is 19.4. The Morgan fingerprint density at radius 1 is 1.33 bits per heavy atom. The molecule has 1 rings (SSSR count). The molecule has 0 radical (unpaired) electrons. The lowest BCUT2D eigenvalue weighted by molar-refractivity contribution is 0.0425. The highest BCUT2D eigenvalue weighted by Crippen LogP contribution is 2.20. The summed E-state index contributed by atoms with van der Waals surface area (Å²) in [6.45, 7) is 5.01. The van der Waals surface area contributed by atoms with Crippen molar-refractivity contribution in [3.8, 4) is 0 Å². The Hall–Kier alpha value is -0.340. The van der Waals surface area contributed by atoms with Gasteiger partial charge in [-0.25, -0.2) is 0 Å². The van der Waals surface area contributed by atoms with E-state index in [0.29, 0.717) is 19.3 Å². The highest BCUT2D eigenvalue weighted by molar-refractivity contribution is 4.95. The molecule has 0 aromatic heterocycles. The van der Waals surface area contributed by atoms with E-state index >= 15 is 0 Å². The second kappa shape index (κ2) is 5.33. The fourth-order valence-corrected chi connectivity index (χ4v) is 1.53. The second-order valence-corrected chi connectivity index (χ2v) is 3.53. The first kappa shape index (κ1) is 9.75. The summed E-state index contributed by atoms with van der Waals surface area (Å²) in [7, 11) is 0. The summed E-state index contributed by atoms with van der Waals surface area (Å²) < 4.78 is 5.66. The van der Waals surface area contributed by atoms with Crippen LogP contribution >= 0.6 is 0 Å². The zero-order chi connectivity index (χ0) is 8.81. The van der Waals surface area contributed by atoms with Crippen LogP contribution in [0.2, 0.25) is 0 Å². The minimum Gasteiger partial charge on any atom is -0.374 e. The van der Waals surface area contributed by atoms with Gasteiger partial charge in [-0.05, 0) is 18.4 Å². The summed E-state index contributed by atoms with van der Waals surface area (Å²) in [5.41, 5.74) is 6.41. The van der Waals surface area contributed by atoms with Gasteiger partial charge in [0.1, 0.15) is 0 Å². The molecule has 0 bridgehead atoms. The molecule has 0 atom stereocenters. The fraction of sp³-hybridized carbons (Fsp3) is 0.800. The molecule has 1 saturated carbocycles.